The molecule has 0 aliphatic rings. The zero-order chi connectivity index (χ0) is 30.5. The van der Waals surface area contributed by atoms with E-state index in [0.29, 0.717) is 37.3 Å². The van der Waals surface area contributed by atoms with Crippen molar-refractivity contribution in [2.75, 3.05) is 6.61 Å². The Labute approximate surface area is 252 Å². The first kappa shape index (κ1) is 36.0. The molecule has 1 heterocycles. The molecule has 0 amide bonds. The van der Waals surface area contributed by atoms with Crippen molar-refractivity contribution in [2.24, 2.45) is 0 Å². The zero-order valence-corrected chi connectivity index (χ0v) is 26.1. The standard InChI is InChI=1S/C34H53F3N2O3/c1-4-7-10-12-14-16-18-20-31(42-33(35)34(36,37)40-25-9-6-3)41-30-23-21-29(22-24-30)32-38-26-28(27-39-32)19-17-15-13-11-8-5-2/h21-24,26-27,31,33H,4-20,25H2,1-3H3. The van der Waals surface area contributed by atoms with Gasteiger partial charge >= 0.3 is 6.11 Å². The third-order valence-corrected chi connectivity index (χ3v) is 7.28. The molecule has 0 spiro atoms. The molecule has 5 nitrogen and oxygen atoms in total. The summed E-state index contributed by atoms with van der Waals surface area (Å²) in [5.41, 5.74) is 1.92. The highest BCUT2D eigenvalue weighted by atomic mass is 19.3. The Morgan fingerprint density at radius 1 is 0.714 bits per heavy atom. The number of rotatable bonds is 25. The highest BCUT2D eigenvalue weighted by Crippen LogP contribution is 2.28. The van der Waals surface area contributed by atoms with Crippen molar-refractivity contribution < 1.29 is 27.4 Å². The number of halogens is 3. The average Bonchev–Trinajstić information content (AvgIpc) is 2.99. The summed E-state index contributed by atoms with van der Waals surface area (Å²) in [5.74, 6) is 0.991. The number of benzene rings is 1. The molecular formula is C34H53F3N2O3. The van der Waals surface area contributed by atoms with Gasteiger partial charge in [0.2, 0.25) is 6.29 Å². The molecule has 0 saturated heterocycles. The molecule has 42 heavy (non-hydrogen) atoms. The molecule has 0 aliphatic carbocycles. The fourth-order valence-corrected chi connectivity index (χ4v) is 4.63. The maximum atomic E-state index is 14.5. The van der Waals surface area contributed by atoms with Crippen molar-refractivity contribution in [3.05, 3.63) is 42.2 Å². The van der Waals surface area contributed by atoms with Crippen molar-refractivity contribution in [2.45, 2.75) is 149 Å². The number of aryl methyl sites for hydroxylation is 1. The maximum absolute atomic E-state index is 14.5. The molecule has 2 unspecified atom stereocenters. The normalized spacial score (nSPS) is 13.3. The van der Waals surface area contributed by atoms with Crippen LogP contribution >= 0.6 is 0 Å². The van der Waals surface area contributed by atoms with E-state index in [1.54, 1.807) is 24.3 Å². The summed E-state index contributed by atoms with van der Waals surface area (Å²) in [4.78, 5) is 9.04. The fourth-order valence-electron chi connectivity index (χ4n) is 4.63. The lowest BCUT2D eigenvalue weighted by atomic mass is 10.1. The topological polar surface area (TPSA) is 53.5 Å². The first-order valence-corrected chi connectivity index (χ1v) is 16.3. The number of alkyl halides is 3. The maximum Gasteiger partial charge on any atom is 0.411 e. The van der Waals surface area contributed by atoms with Gasteiger partial charge in [0.15, 0.2) is 5.82 Å². The second kappa shape index (κ2) is 21.5. The van der Waals surface area contributed by atoms with Crippen LogP contribution in [-0.2, 0) is 15.9 Å². The summed E-state index contributed by atoms with van der Waals surface area (Å²) >= 11 is 0. The van der Waals surface area contributed by atoms with Gasteiger partial charge in [0.25, 0.3) is 6.36 Å². The first-order valence-electron chi connectivity index (χ1n) is 16.3. The molecule has 0 N–H and O–H groups in total. The van der Waals surface area contributed by atoms with Crippen molar-refractivity contribution in [3.63, 3.8) is 0 Å². The van der Waals surface area contributed by atoms with E-state index in [2.05, 4.69) is 28.6 Å². The van der Waals surface area contributed by atoms with Gasteiger partial charge in [-0.15, -0.1) is 0 Å². The Kier molecular flexibility index (Phi) is 18.4. The Bertz CT molecular complexity index is 929. The number of aromatic nitrogens is 2. The molecule has 0 bridgehead atoms. The predicted molar refractivity (Wildman–Crippen MR) is 163 cm³/mol. The van der Waals surface area contributed by atoms with Crippen molar-refractivity contribution >= 4 is 0 Å². The molecule has 0 saturated carbocycles. The van der Waals surface area contributed by atoms with E-state index in [4.69, 9.17) is 9.47 Å². The molecule has 8 heteroatoms. The summed E-state index contributed by atoms with van der Waals surface area (Å²) in [6, 6.07) is 7.01. The highest BCUT2D eigenvalue weighted by Gasteiger charge is 2.44. The molecule has 1 aromatic carbocycles. The summed E-state index contributed by atoms with van der Waals surface area (Å²) < 4.78 is 58.4. The Balaban J connectivity index is 1.94. The minimum atomic E-state index is -4.04. The Morgan fingerprint density at radius 2 is 1.26 bits per heavy atom. The van der Waals surface area contributed by atoms with Crippen LogP contribution in [0.3, 0.4) is 0 Å². The van der Waals surface area contributed by atoms with E-state index in [1.165, 1.54) is 51.4 Å². The van der Waals surface area contributed by atoms with Crippen molar-refractivity contribution in [1.29, 1.82) is 0 Å². The lowest BCUT2D eigenvalue weighted by Crippen LogP contribution is -2.39. The van der Waals surface area contributed by atoms with Crippen LogP contribution in [-0.4, -0.2) is 35.3 Å². The Morgan fingerprint density at radius 3 is 1.86 bits per heavy atom. The summed E-state index contributed by atoms with van der Waals surface area (Å²) in [6.45, 7) is 6.00. The molecule has 0 aliphatic heterocycles. The van der Waals surface area contributed by atoms with Gasteiger partial charge in [-0.3, -0.25) is 0 Å². The molecule has 2 atom stereocenters. The van der Waals surface area contributed by atoms with Gasteiger partial charge in [-0.25, -0.2) is 14.4 Å². The number of hydrogen-bond acceptors (Lipinski definition) is 5. The molecule has 2 rings (SSSR count). The minimum Gasteiger partial charge on any atom is -0.465 e. The predicted octanol–water partition coefficient (Wildman–Crippen LogP) is 10.6. The smallest absolute Gasteiger partial charge is 0.411 e. The van der Waals surface area contributed by atoms with Gasteiger partial charge in [-0.05, 0) is 55.5 Å². The van der Waals surface area contributed by atoms with Crippen molar-refractivity contribution in [1.82, 2.24) is 9.97 Å². The van der Waals surface area contributed by atoms with Crippen LogP contribution in [0.25, 0.3) is 11.4 Å². The summed E-state index contributed by atoms with van der Waals surface area (Å²) in [5, 5.41) is 0. The van der Waals surface area contributed by atoms with Gasteiger partial charge in [0, 0.05) is 24.4 Å². The lowest BCUT2D eigenvalue weighted by molar-refractivity contribution is -0.350. The van der Waals surface area contributed by atoms with E-state index in [0.717, 1.165) is 43.2 Å². The van der Waals surface area contributed by atoms with Crippen LogP contribution in [0, 0.1) is 0 Å². The second-order valence-electron chi connectivity index (χ2n) is 11.1. The van der Waals surface area contributed by atoms with Gasteiger partial charge in [0.05, 0.1) is 6.61 Å². The SMILES string of the molecule is CCCCCCCCCC(Oc1ccc(-c2ncc(CCCCCCCC)cn2)cc1)OC(F)C(F)(F)OCCCC. The molecule has 0 radical (unpaired) electrons. The largest absolute Gasteiger partial charge is 0.465 e. The number of unbranched alkanes of at least 4 members (excludes halogenated alkanes) is 12. The van der Waals surface area contributed by atoms with Gasteiger partial charge in [-0.2, -0.15) is 8.78 Å². The third kappa shape index (κ3) is 14.8. The van der Waals surface area contributed by atoms with Crippen LogP contribution in [0.5, 0.6) is 5.75 Å². The van der Waals surface area contributed by atoms with E-state index >= 15 is 0 Å². The monoisotopic (exact) mass is 594 g/mol. The zero-order valence-electron chi connectivity index (χ0n) is 26.1. The van der Waals surface area contributed by atoms with Crippen LogP contribution in [0.15, 0.2) is 36.7 Å². The minimum absolute atomic E-state index is 0.236. The highest BCUT2D eigenvalue weighted by molar-refractivity contribution is 5.55. The van der Waals surface area contributed by atoms with E-state index in [-0.39, 0.29) is 6.61 Å². The number of ether oxygens (including phenoxy) is 3. The molecule has 0 fully saturated rings. The van der Waals surface area contributed by atoms with Gasteiger partial charge in [-0.1, -0.05) is 97.8 Å². The quantitative estimate of drug-likeness (QED) is 0.0845. The fraction of sp³-hybridized carbons (Fsp3) is 0.706. The lowest BCUT2D eigenvalue weighted by Gasteiger charge is -2.26. The molecule has 238 valence electrons. The average molecular weight is 595 g/mol. The van der Waals surface area contributed by atoms with Crippen LogP contribution in [0.2, 0.25) is 0 Å². The molecule has 2 aromatic rings. The van der Waals surface area contributed by atoms with Crippen LogP contribution < -0.4 is 4.74 Å². The van der Waals surface area contributed by atoms with Gasteiger partial charge < -0.3 is 14.2 Å². The van der Waals surface area contributed by atoms with E-state index in [1.807, 2.05) is 19.3 Å². The molecule has 1 aromatic heterocycles. The van der Waals surface area contributed by atoms with Crippen LogP contribution in [0.4, 0.5) is 13.2 Å². The Hall–Kier alpha value is -2.19. The van der Waals surface area contributed by atoms with Crippen LogP contribution in [0.1, 0.15) is 129 Å². The van der Waals surface area contributed by atoms with E-state index in [9.17, 15) is 13.2 Å². The number of nitrogens with zero attached hydrogens (tertiary/aromatic N) is 2. The van der Waals surface area contributed by atoms with Gasteiger partial charge in [0.1, 0.15) is 5.75 Å². The third-order valence-electron chi connectivity index (χ3n) is 7.28. The number of hydrogen-bond donors (Lipinski definition) is 0. The second-order valence-corrected chi connectivity index (χ2v) is 11.1. The van der Waals surface area contributed by atoms with E-state index < -0.39 is 18.8 Å². The summed E-state index contributed by atoms with van der Waals surface area (Å²) in [7, 11) is 0. The van der Waals surface area contributed by atoms with Crippen molar-refractivity contribution in [3.8, 4) is 17.1 Å². The first-order chi connectivity index (χ1) is 20.4. The summed E-state index contributed by atoms with van der Waals surface area (Å²) in [6.07, 6.45) is 12.7. The molecular weight excluding hydrogens is 541 g/mol.